The Morgan fingerprint density at radius 1 is 1.06 bits per heavy atom. The standard InChI is InChI=1S/C26H30N4O2S/c1-20(24-10-6-18-33-24)27-25(31)23-12-11-22(28-26(23)32)19-30-16-14-29(15-17-30)13-5-9-21-7-3-2-4-8-21/h2-12,18,20H,13-17,19H2,1H3,(H,27,31)(H,28,32)/b9-5+. The van der Waals surface area contributed by atoms with Gasteiger partial charge in [0.15, 0.2) is 0 Å². The zero-order chi connectivity index (χ0) is 23.0. The van der Waals surface area contributed by atoms with Crippen LogP contribution in [-0.2, 0) is 6.54 Å². The smallest absolute Gasteiger partial charge is 0.261 e. The van der Waals surface area contributed by atoms with Crippen molar-refractivity contribution in [1.82, 2.24) is 20.1 Å². The summed E-state index contributed by atoms with van der Waals surface area (Å²) in [5.74, 6) is -0.346. The van der Waals surface area contributed by atoms with Crippen molar-refractivity contribution in [3.63, 3.8) is 0 Å². The minimum atomic E-state index is -0.346. The van der Waals surface area contributed by atoms with Crippen molar-refractivity contribution in [3.05, 3.63) is 98.1 Å². The molecule has 1 amide bonds. The van der Waals surface area contributed by atoms with Gasteiger partial charge < -0.3 is 10.3 Å². The molecule has 7 heteroatoms. The molecule has 2 aromatic heterocycles. The van der Waals surface area contributed by atoms with Gasteiger partial charge in [-0.05, 0) is 36.1 Å². The SMILES string of the molecule is CC(NC(=O)c1ccc(CN2CCN(C/C=C/c3ccccc3)CC2)[nH]c1=O)c1cccs1. The average Bonchev–Trinajstić information content (AvgIpc) is 3.36. The summed E-state index contributed by atoms with van der Waals surface area (Å²) in [4.78, 5) is 33.8. The molecule has 0 aliphatic carbocycles. The summed E-state index contributed by atoms with van der Waals surface area (Å²) in [7, 11) is 0. The van der Waals surface area contributed by atoms with Crippen LogP contribution in [0.15, 0.2) is 70.8 Å². The van der Waals surface area contributed by atoms with Crippen molar-refractivity contribution in [2.45, 2.75) is 19.5 Å². The Hall–Kier alpha value is -3.00. The fraction of sp³-hybridized carbons (Fsp3) is 0.308. The van der Waals surface area contributed by atoms with Crippen LogP contribution in [0.1, 0.15) is 39.5 Å². The van der Waals surface area contributed by atoms with Crippen LogP contribution in [-0.4, -0.2) is 53.4 Å². The molecule has 0 saturated carbocycles. The lowest BCUT2D eigenvalue weighted by atomic mass is 10.2. The molecular weight excluding hydrogens is 432 g/mol. The van der Waals surface area contributed by atoms with Crippen molar-refractivity contribution in [3.8, 4) is 0 Å². The zero-order valence-electron chi connectivity index (χ0n) is 18.9. The number of aromatic nitrogens is 1. The Kier molecular flexibility index (Phi) is 7.88. The van der Waals surface area contributed by atoms with Gasteiger partial charge in [0, 0.05) is 49.8 Å². The van der Waals surface area contributed by atoms with Crippen LogP contribution in [0.4, 0.5) is 0 Å². The maximum absolute atomic E-state index is 12.5. The summed E-state index contributed by atoms with van der Waals surface area (Å²) in [6, 6.07) is 17.6. The van der Waals surface area contributed by atoms with E-state index in [1.54, 1.807) is 17.4 Å². The van der Waals surface area contributed by atoms with Crippen molar-refractivity contribution >= 4 is 23.3 Å². The van der Waals surface area contributed by atoms with Crippen LogP contribution >= 0.6 is 11.3 Å². The first-order valence-electron chi connectivity index (χ1n) is 11.3. The maximum Gasteiger partial charge on any atom is 0.261 e. The molecule has 1 aromatic carbocycles. The van der Waals surface area contributed by atoms with Gasteiger partial charge in [0.25, 0.3) is 11.5 Å². The Morgan fingerprint density at radius 2 is 1.82 bits per heavy atom. The number of carbonyl (C=O) groups is 1. The number of nitrogens with zero attached hydrogens (tertiary/aromatic N) is 2. The second kappa shape index (κ2) is 11.2. The highest BCUT2D eigenvalue weighted by molar-refractivity contribution is 7.10. The maximum atomic E-state index is 12.5. The third-order valence-electron chi connectivity index (χ3n) is 5.86. The van der Waals surface area contributed by atoms with E-state index in [9.17, 15) is 9.59 Å². The second-order valence-corrected chi connectivity index (χ2v) is 9.31. The van der Waals surface area contributed by atoms with Gasteiger partial charge in [0.2, 0.25) is 0 Å². The van der Waals surface area contributed by atoms with E-state index < -0.39 is 0 Å². The normalized spacial score (nSPS) is 16.2. The number of aromatic amines is 1. The topological polar surface area (TPSA) is 68.4 Å². The first-order chi connectivity index (χ1) is 16.1. The third-order valence-corrected chi connectivity index (χ3v) is 6.92. The number of rotatable bonds is 8. The number of carbonyl (C=O) groups excluding carboxylic acids is 1. The predicted molar refractivity (Wildman–Crippen MR) is 134 cm³/mol. The predicted octanol–water partition coefficient (Wildman–Crippen LogP) is 3.76. The molecule has 1 aliphatic rings. The molecule has 0 bridgehead atoms. The average molecular weight is 463 g/mol. The van der Waals surface area contributed by atoms with Crippen LogP contribution in [0.2, 0.25) is 0 Å². The first-order valence-corrected chi connectivity index (χ1v) is 12.2. The van der Waals surface area contributed by atoms with Gasteiger partial charge in [0.05, 0.1) is 6.04 Å². The van der Waals surface area contributed by atoms with Gasteiger partial charge in [0.1, 0.15) is 5.56 Å². The fourth-order valence-corrected chi connectivity index (χ4v) is 4.68. The monoisotopic (exact) mass is 462 g/mol. The molecule has 6 nitrogen and oxygen atoms in total. The van der Waals surface area contributed by atoms with E-state index in [4.69, 9.17) is 0 Å². The van der Waals surface area contributed by atoms with Crippen LogP contribution in [0, 0.1) is 0 Å². The van der Waals surface area contributed by atoms with Crippen molar-refractivity contribution in [2.24, 2.45) is 0 Å². The molecule has 1 atom stereocenters. The largest absolute Gasteiger partial charge is 0.345 e. The molecule has 1 aliphatic heterocycles. The summed E-state index contributed by atoms with van der Waals surface area (Å²) in [6.07, 6.45) is 4.38. The molecule has 1 saturated heterocycles. The van der Waals surface area contributed by atoms with Gasteiger partial charge >= 0.3 is 0 Å². The molecule has 1 fully saturated rings. The Labute approximate surface area is 198 Å². The summed E-state index contributed by atoms with van der Waals surface area (Å²) in [5, 5.41) is 4.88. The lowest BCUT2D eigenvalue weighted by molar-refractivity contribution is 0.0939. The van der Waals surface area contributed by atoms with Crippen LogP contribution in [0.25, 0.3) is 6.08 Å². The van der Waals surface area contributed by atoms with Gasteiger partial charge in [-0.25, -0.2) is 0 Å². The highest BCUT2D eigenvalue weighted by atomic mass is 32.1. The molecular formula is C26H30N4O2S. The summed E-state index contributed by atoms with van der Waals surface area (Å²) in [6.45, 7) is 7.41. The summed E-state index contributed by atoms with van der Waals surface area (Å²) in [5.41, 5.74) is 1.86. The molecule has 0 radical (unpaired) electrons. The van der Waals surface area contributed by atoms with E-state index in [2.05, 4.69) is 44.4 Å². The van der Waals surface area contributed by atoms with Gasteiger partial charge in [-0.15, -0.1) is 11.3 Å². The van der Waals surface area contributed by atoms with E-state index in [-0.39, 0.29) is 23.1 Å². The van der Waals surface area contributed by atoms with Gasteiger partial charge in [-0.1, -0.05) is 48.6 Å². The van der Waals surface area contributed by atoms with Gasteiger partial charge in [-0.3, -0.25) is 19.4 Å². The number of benzene rings is 1. The number of hydrogen-bond acceptors (Lipinski definition) is 5. The molecule has 1 unspecified atom stereocenters. The van der Waals surface area contributed by atoms with Crippen LogP contribution < -0.4 is 10.9 Å². The molecule has 172 valence electrons. The Morgan fingerprint density at radius 3 is 2.52 bits per heavy atom. The highest BCUT2D eigenvalue weighted by Crippen LogP contribution is 2.18. The van der Waals surface area contributed by atoms with E-state index in [1.165, 1.54) is 5.56 Å². The number of nitrogens with one attached hydrogen (secondary N) is 2. The van der Waals surface area contributed by atoms with Crippen LogP contribution in [0.3, 0.4) is 0 Å². The first kappa shape index (κ1) is 23.2. The number of pyridine rings is 1. The van der Waals surface area contributed by atoms with E-state index >= 15 is 0 Å². The molecule has 2 N–H and O–H groups in total. The number of piperazine rings is 1. The molecule has 3 aromatic rings. The summed E-state index contributed by atoms with van der Waals surface area (Å²) >= 11 is 1.58. The van der Waals surface area contributed by atoms with E-state index in [0.29, 0.717) is 6.54 Å². The Balaban J connectivity index is 1.25. The van der Waals surface area contributed by atoms with Crippen LogP contribution in [0.5, 0.6) is 0 Å². The van der Waals surface area contributed by atoms with Crippen molar-refractivity contribution in [2.75, 3.05) is 32.7 Å². The number of thiophene rings is 1. The number of hydrogen-bond donors (Lipinski definition) is 2. The van der Waals surface area contributed by atoms with E-state index in [0.717, 1.165) is 43.3 Å². The summed E-state index contributed by atoms with van der Waals surface area (Å²) < 4.78 is 0. The number of H-pyrrole nitrogens is 1. The molecule has 4 rings (SSSR count). The van der Waals surface area contributed by atoms with Gasteiger partial charge in [-0.2, -0.15) is 0 Å². The minimum Gasteiger partial charge on any atom is -0.345 e. The lowest BCUT2D eigenvalue weighted by Gasteiger charge is -2.34. The third kappa shape index (κ3) is 6.51. The minimum absolute atomic E-state index is 0.129. The Bertz CT molecular complexity index is 1120. The lowest BCUT2D eigenvalue weighted by Crippen LogP contribution is -2.46. The molecule has 0 spiro atoms. The fourth-order valence-electron chi connectivity index (χ4n) is 3.94. The molecule has 3 heterocycles. The number of amides is 1. The van der Waals surface area contributed by atoms with Crippen molar-refractivity contribution < 1.29 is 4.79 Å². The van der Waals surface area contributed by atoms with E-state index in [1.807, 2.05) is 48.7 Å². The second-order valence-electron chi connectivity index (χ2n) is 8.33. The highest BCUT2D eigenvalue weighted by Gasteiger charge is 2.18. The molecule has 33 heavy (non-hydrogen) atoms. The quantitative estimate of drug-likeness (QED) is 0.535. The zero-order valence-corrected chi connectivity index (χ0v) is 19.7. The van der Waals surface area contributed by atoms with Crippen molar-refractivity contribution in [1.29, 1.82) is 0 Å².